The van der Waals surface area contributed by atoms with Crippen LogP contribution in [0.25, 0.3) is 5.69 Å². The first-order valence-electron chi connectivity index (χ1n) is 4.03. The zero-order chi connectivity index (χ0) is 9.97. The summed E-state index contributed by atoms with van der Waals surface area (Å²) in [6, 6.07) is 7.86. The van der Waals surface area contributed by atoms with Crippen LogP contribution in [-0.4, -0.2) is 15.0 Å². The fraction of sp³-hybridized carbons (Fsp3) is 0.111. The van der Waals surface area contributed by atoms with Gasteiger partial charge in [0, 0.05) is 9.80 Å². The van der Waals surface area contributed by atoms with Crippen molar-refractivity contribution in [1.82, 2.24) is 15.0 Å². The maximum Gasteiger partial charge on any atom is 0.0937 e. The van der Waals surface area contributed by atoms with Crippen LogP contribution in [0.4, 0.5) is 0 Å². The van der Waals surface area contributed by atoms with Crippen molar-refractivity contribution in [2.45, 2.75) is 5.33 Å². The molecule has 0 N–H and O–H groups in total. The molecule has 0 aliphatic heterocycles. The van der Waals surface area contributed by atoms with Crippen molar-refractivity contribution in [2.24, 2.45) is 0 Å². The van der Waals surface area contributed by atoms with E-state index in [2.05, 4.69) is 42.1 Å². The molecule has 0 bridgehead atoms. The Labute approximate surface area is 98.4 Å². The minimum atomic E-state index is 0.723. The normalized spacial score (nSPS) is 10.4. The third kappa shape index (κ3) is 2.04. The van der Waals surface area contributed by atoms with Gasteiger partial charge in [-0.3, -0.25) is 0 Å². The van der Waals surface area contributed by atoms with Gasteiger partial charge in [0.2, 0.25) is 0 Å². The number of aromatic nitrogens is 3. The van der Waals surface area contributed by atoms with Gasteiger partial charge in [-0.05, 0) is 18.2 Å². The Morgan fingerprint density at radius 3 is 2.86 bits per heavy atom. The van der Waals surface area contributed by atoms with Crippen LogP contribution in [-0.2, 0) is 5.33 Å². The molecule has 0 aliphatic rings. The summed E-state index contributed by atoms with van der Waals surface area (Å²) in [5.74, 6) is 0. The van der Waals surface area contributed by atoms with Crippen molar-refractivity contribution in [3.63, 3.8) is 0 Å². The van der Waals surface area contributed by atoms with Crippen LogP contribution >= 0.6 is 31.9 Å². The van der Waals surface area contributed by atoms with E-state index >= 15 is 0 Å². The molecule has 72 valence electrons. The molecule has 0 saturated heterocycles. The number of rotatable bonds is 2. The Hall–Kier alpha value is -0.680. The van der Waals surface area contributed by atoms with Crippen molar-refractivity contribution in [2.75, 3.05) is 0 Å². The van der Waals surface area contributed by atoms with Crippen LogP contribution in [0.3, 0.4) is 0 Å². The fourth-order valence-corrected chi connectivity index (χ4v) is 1.72. The van der Waals surface area contributed by atoms with Gasteiger partial charge in [0.05, 0.1) is 17.6 Å². The van der Waals surface area contributed by atoms with E-state index in [1.165, 1.54) is 0 Å². The number of alkyl halides is 1. The maximum atomic E-state index is 4.28. The van der Waals surface area contributed by atoms with E-state index in [-0.39, 0.29) is 0 Å². The van der Waals surface area contributed by atoms with Crippen molar-refractivity contribution in [3.05, 3.63) is 40.6 Å². The molecule has 0 spiro atoms. The van der Waals surface area contributed by atoms with Gasteiger partial charge in [-0.15, -0.1) is 0 Å². The van der Waals surface area contributed by atoms with Crippen molar-refractivity contribution in [1.29, 1.82) is 0 Å². The van der Waals surface area contributed by atoms with Gasteiger partial charge < -0.3 is 0 Å². The Morgan fingerprint density at radius 1 is 1.36 bits per heavy atom. The molecule has 2 rings (SSSR count). The summed E-state index contributed by atoms with van der Waals surface area (Å²) in [5.41, 5.74) is 1.87. The number of benzene rings is 1. The highest BCUT2D eigenvalue weighted by Crippen LogP contribution is 2.14. The highest BCUT2D eigenvalue weighted by atomic mass is 79.9. The zero-order valence-electron chi connectivity index (χ0n) is 7.19. The minimum absolute atomic E-state index is 0.723. The lowest BCUT2D eigenvalue weighted by molar-refractivity contribution is 0.744. The number of halogens is 2. The van der Waals surface area contributed by atoms with Gasteiger partial charge in [0.15, 0.2) is 0 Å². The van der Waals surface area contributed by atoms with Gasteiger partial charge >= 0.3 is 0 Å². The molecule has 0 unspecified atom stereocenters. The number of nitrogens with zero attached hydrogens (tertiary/aromatic N) is 3. The van der Waals surface area contributed by atoms with Gasteiger partial charge in [-0.1, -0.05) is 37.9 Å². The standard InChI is InChI=1S/C9H7Br2N3/c10-5-8-6-12-14(13-8)9-3-1-2-7(11)4-9/h1-4,6H,5H2. The molecule has 0 amide bonds. The summed E-state index contributed by atoms with van der Waals surface area (Å²) in [6.45, 7) is 0. The second kappa shape index (κ2) is 4.23. The highest BCUT2D eigenvalue weighted by molar-refractivity contribution is 9.10. The summed E-state index contributed by atoms with van der Waals surface area (Å²) in [4.78, 5) is 1.61. The summed E-state index contributed by atoms with van der Waals surface area (Å²) >= 11 is 6.74. The Balaban J connectivity index is 2.39. The SMILES string of the molecule is BrCc1cnn(-c2cccc(Br)c2)n1. The average molecular weight is 317 g/mol. The van der Waals surface area contributed by atoms with E-state index < -0.39 is 0 Å². The first kappa shape index (κ1) is 9.86. The molecule has 0 radical (unpaired) electrons. The summed E-state index contributed by atoms with van der Waals surface area (Å²) in [7, 11) is 0. The fourth-order valence-electron chi connectivity index (χ4n) is 1.08. The molecule has 1 heterocycles. The van der Waals surface area contributed by atoms with Gasteiger partial charge in [-0.2, -0.15) is 15.0 Å². The number of hydrogen-bond donors (Lipinski definition) is 0. The Morgan fingerprint density at radius 2 is 2.21 bits per heavy atom. The lowest BCUT2D eigenvalue weighted by Crippen LogP contribution is -1.98. The quantitative estimate of drug-likeness (QED) is 0.798. The van der Waals surface area contributed by atoms with E-state index in [1.54, 1.807) is 11.0 Å². The first-order valence-corrected chi connectivity index (χ1v) is 5.94. The predicted octanol–water partition coefficient (Wildman–Crippen LogP) is 2.92. The molecule has 2 aromatic rings. The molecule has 14 heavy (non-hydrogen) atoms. The Kier molecular flexibility index (Phi) is 2.98. The lowest BCUT2D eigenvalue weighted by Gasteiger charge is -1.98. The predicted molar refractivity (Wildman–Crippen MR) is 61.7 cm³/mol. The van der Waals surface area contributed by atoms with Crippen LogP contribution in [0.15, 0.2) is 34.9 Å². The van der Waals surface area contributed by atoms with E-state index in [1.807, 2.05) is 24.3 Å². The largest absolute Gasteiger partial charge is 0.157 e. The minimum Gasteiger partial charge on any atom is -0.157 e. The van der Waals surface area contributed by atoms with Gasteiger partial charge in [-0.25, -0.2) is 0 Å². The number of hydrogen-bond acceptors (Lipinski definition) is 2. The molecule has 0 aliphatic carbocycles. The molecular formula is C9H7Br2N3. The third-order valence-electron chi connectivity index (χ3n) is 1.72. The van der Waals surface area contributed by atoms with Gasteiger partial charge in [0.1, 0.15) is 0 Å². The third-order valence-corrected chi connectivity index (χ3v) is 2.78. The molecule has 0 atom stereocenters. The summed E-state index contributed by atoms with van der Waals surface area (Å²) in [6.07, 6.45) is 1.75. The monoisotopic (exact) mass is 315 g/mol. The van der Waals surface area contributed by atoms with E-state index in [0.29, 0.717) is 0 Å². The summed E-state index contributed by atoms with van der Waals surface area (Å²) in [5, 5.41) is 9.15. The van der Waals surface area contributed by atoms with Crippen molar-refractivity contribution in [3.8, 4) is 5.69 Å². The smallest absolute Gasteiger partial charge is 0.0937 e. The van der Waals surface area contributed by atoms with Crippen LogP contribution in [0.5, 0.6) is 0 Å². The van der Waals surface area contributed by atoms with Crippen LogP contribution in [0.1, 0.15) is 5.69 Å². The topological polar surface area (TPSA) is 30.7 Å². The van der Waals surface area contributed by atoms with Crippen LogP contribution in [0, 0.1) is 0 Å². The first-order chi connectivity index (χ1) is 6.79. The molecular weight excluding hydrogens is 310 g/mol. The molecule has 0 saturated carbocycles. The van der Waals surface area contributed by atoms with E-state index in [0.717, 1.165) is 21.2 Å². The van der Waals surface area contributed by atoms with Crippen LogP contribution < -0.4 is 0 Å². The van der Waals surface area contributed by atoms with E-state index in [9.17, 15) is 0 Å². The molecule has 3 nitrogen and oxygen atoms in total. The van der Waals surface area contributed by atoms with Gasteiger partial charge in [0.25, 0.3) is 0 Å². The lowest BCUT2D eigenvalue weighted by atomic mass is 10.3. The average Bonchev–Trinajstić information content (AvgIpc) is 2.66. The van der Waals surface area contributed by atoms with E-state index in [4.69, 9.17) is 0 Å². The molecule has 0 fully saturated rings. The van der Waals surface area contributed by atoms with Crippen molar-refractivity contribution >= 4 is 31.9 Å². The Bertz CT molecular complexity index is 439. The second-order valence-electron chi connectivity index (χ2n) is 2.74. The summed E-state index contributed by atoms with van der Waals surface area (Å²) < 4.78 is 1.02. The second-order valence-corrected chi connectivity index (χ2v) is 4.22. The maximum absolute atomic E-state index is 4.28. The highest BCUT2D eigenvalue weighted by Gasteiger charge is 2.01. The van der Waals surface area contributed by atoms with Crippen molar-refractivity contribution < 1.29 is 0 Å². The zero-order valence-corrected chi connectivity index (χ0v) is 10.4. The molecule has 1 aromatic carbocycles. The molecule has 1 aromatic heterocycles. The van der Waals surface area contributed by atoms with Crippen LogP contribution in [0.2, 0.25) is 0 Å². The molecule has 5 heteroatoms.